The van der Waals surface area contributed by atoms with E-state index in [1.165, 1.54) is 63.4 Å². The number of aromatic nitrogens is 2. The van der Waals surface area contributed by atoms with Crippen molar-refractivity contribution in [2.75, 3.05) is 0 Å². The molecule has 1 aliphatic rings. The monoisotopic (exact) mass is 246 g/mol. The second-order valence-corrected chi connectivity index (χ2v) is 5.60. The zero-order chi connectivity index (χ0) is 12.6. The molecule has 18 heavy (non-hydrogen) atoms. The molecule has 0 atom stereocenters. The lowest BCUT2D eigenvalue weighted by molar-refractivity contribution is 0.428. The van der Waals surface area contributed by atoms with Gasteiger partial charge in [-0.2, -0.15) is 0 Å². The van der Waals surface area contributed by atoms with Crippen molar-refractivity contribution in [1.29, 1.82) is 0 Å². The van der Waals surface area contributed by atoms with Crippen LogP contribution >= 0.6 is 0 Å². The van der Waals surface area contributed by atoms with Crippen LogP contribution in [0.3, 0.4) is 0 Å². The van der Waals surface area contributed by atoms with Gasteiger partial charge in [-0.05, 0) is 31.2 Å². The maximum absolute atomic E-state index is 4.59. The molecule has 1 fully saturated rings. The Kier molecular flexibility index (Phi) is 5.63. The summed E-state index contributed by atoms with van der Waals surface area (Å²) in [6.07, 6.45) is 17.2. The highest BCUT2D eigenvalue weighted by Crippen LogP contribution is 2.30. The average molecular weight is 246 g/mol. The molecule has 1 aliphatic carbocycles. The quantitative estimate of drug-likeness (QED) is 0.683. The summed E-state index contributed by atoms with van der Waals surface area (Å²) < 4.78 is 0. The first-order chi connectivity index (χ1) is 8.90. The van der Waals surface area contributed by atoms with Crippen molar-refractivity contribution in [1.82, 2.24) is 9.97 Å². The third kappa shape index (κ3) is 4.08. The predicted molar refractivity (Wildman–Crippen MR) is 75.7 cm³/mol. The molecule has 0 N–H and O–H groups in total. The first kappa shape index (κ1) is 13.5. The van der Waals surface area contributed by atoms with Crippen molar-refractivity contribution in [2.45, 2.75) is 77.0 Å². The van der Waals surface area contributed by atoms with Gasteiger partial charge < -0.3 is 0 Å². The molecule has 2 nitrogen and oxygen atoms in total. The van der Waals surface area contributed by atoms with E-state index >= 15 is 0 Å². The molecule has 0 bridgehead atoms. The SMILES string of the molecule is CCCCCCc1cnc(C2CCCCC2)nc1. The summed E-state index contributed by atoms with van der Waals surface area (Å²) >= 11 is 0. The molecule has 0 saturated heterocycles. The zero-order valence-electron chi connectivity index (χ0n) is 11.7. The van der Waals surface area contributed by atoms with Crippen molar-refractivity contribution < 1.29 is 0 Å². The van der Waals surface area contributed by atoms with Crippen LogP contribution in [0.5, 0.6) is 0 Å². The second-order valence-electron chi connectivity index (χ2n) is 5.60. The van der Waals surface area contributed by atoms with Gasteiger partial charge in [0.25, 0.3) is 0 Å². The van der Waals surface area contributed by atoms with Gasteiger partial charge >= 0.3 is 0 Å². The summed E-state index contributed by atoms with van der Waals surface area (Å²) in [4.78, 5) is 9.18. The van der Waals surface area contributed by atoms with Crippen LogP contribution in [0.2, 0.25) is 0 Å². The molecule has 0 aromatic carbocycles. The third-order valence-electron chi connectivity index (χ3n) is 4.01. The summed E-state index contributed by atoms with van der Waals surface area (Å²) in [5.41, 5.74) is 1.31. The molecule has 0 aliphatic heterocycles. The lowest BCUT2D eigenvalue weighted by Gasteiger charge is -2.19. The van der Waals surface area contributed by atoms with E-state index in [2.05, 4.69) is 29.3 Å². The zero-order valence-corrected chi connectivity index (χ0v) is 11.7. The van der Waals surface area contributed by atoms with Crippen LogP contribution in [-0.2, 0) is 6.42 Å². The van der Waals surface area contributed by atoms with E-state index in [1.54, 1.807) is 0 Å². The van der Waals surface area contributed by atoms with Gasteiger partial charge in [-0.15, -0.1) is 0 Å². The molecule has 1 aromatic heterocycles. The second kappa shape index (κ2) is 7.50. The van der Waals surface area contributed by atoms with Gasteiger partial charge in [0, 0.05) is 18.3 Å². The summed E-state index contributed by atoms with van der Waals surface area (Å²) in [5, 5.41) is 0. The van der Waals surface area contributed by atoms with Crippen LogP contribution < -0.4 is 0 Å². The molecule has 100 valence electrons. The largest absolute Gasteiger partial charge is 0.241 e. The average Bonchev–Trinajstić information content (AvgIpc) is 2.45. The van der Waals surface area contributed by atoms with Gasteiger partial charge in [0.1, 0.15) is 5.82 Å². The highest BCUT2D eigenvalue weighted by atomic mass is 14.9. The molecule has 0 spiro atoms. The molecule has 1 aromatic rings. The van der Waals surface area contributed by atoms with Crippen LogP contribution in [0.1, 0.15) is 82.0 Å². The highest BCUT2D eigenvalue weighted by molar-refractivity contribution is 5.08. The van der Waals surface area contributed by atoms with Crippen LogP contribution in [0.15, 0.2) is 12.4 Å². The molecule has 2 rings (SSSR count). The fraction of sp³-hybridized carbons (Fsp3) is 0.750. The Hall–Kier alpha value is -0.920. The van der Waals surface area contributed by atoms with Gasteiger partial charge in [0.15, 0.2) is 0 Å². The van der Waals surface area contributed by atoms with E-state index in [4.69, 9.17) is 0 Å². The Balaban J connectivity index is 1.81. The maximum atomic E-state index is 4.59. The molecular weight excluding hydrogens is 220 g/mol. The molecule has 1 heterocycles. The topological polar surface area (TPSA) is 25.8 Å². The minimum Gasteiger partial charge on any atom is -0.241 e. The molecule has 0 radical (unpaired) electrons. The first-order valence-corrected chi connectivity index (χ1v) is 7.71. The Bertz CT molecular complexity index is 325. The van der Waals surface area contributed by atoms with E-state index in [1.807, 2.05) is 0 Å². The van der Waals surface area contributed by atoms with Crippen molar-refractivity contribution >= 4 is 0 Å². The van der Waals surface area contributed by atoms with E-state index in [0.29, 0.717) is 5.92 Å². The number of rotatable bonds is 6. The number of hydrogen-bond acceptors (Lipinski definition) is 2. The Morgan fingerprint density at radius 2 is 1.72 bits per heavy atom. The number of nitrogens with zero attached hydrogens (tertiary/aromatic N) is 2. The van der Waals surface area contributed by atoms with Crippen LogP contribution in [0, 0.1) is 0 Å². The summed E-state index contributed by atoms with van der Waals surface area (Å²) in [5.74, 6) is 1.72. The summed E-state index contributed by atoms with van der Waals surface area (Å²) in [7, 11) is 0. The van der Waals surface area contributed by atoms with Crippen molar-refractivity contribution in [3.05, 3.63) is 23.8 Å². The fourth-order valence-electron chi connectivity index (χ4n) is 2.82. The Morgan fingerprint density at radius 3 is 2.39 bits per heavy atom. The lowest BCUT2D eigenvalue weighted by atomic mass is 9.89. The van der Waals surface area contributed by atoms with Gasteiger partial charge in [0.2, 0.25) is 0 Å². The standard InChI is InChI=1S/C16H26N2/c1-2-3-4-6-9-14-12-17-16(18-13-14)15-10-7-5-8-11-15/h12-13,15H,2-11H2,1H3. The summed E-state index contributed by atoms with van der Waals surface area (Å²) in [6.45, 7) is 2.25. The highest BCUT2D eigenvalue weighted by Gasteiger charge is 2.17. The van der Waals surface area contributed by atoms with Gasteiger partial charge in [-0.1, -0.05) is 45.4 Å². The Labute approximate surface area is 111 Å². The van der Waals surface area contributed by atoms with E-state index in [0.717, 1.165) is 12.2 Å². The molecule has 1 saturated carbocycles. The molecular formula is C16H26N2. The first-order valence-electron chi connectivity index (χ1n) is 7.71. The Morgan fingerprint density at radius 1 is 1.00 bits per heavy atom. The minimum absolute atomic E-state index is 0.632. The van der Waals surface area contributed by atoms with Gasteiger partial charge in [-0.25, -0.2) is 9.97 Å². The van der Waals surface area contributed by atoms with E-state index < -0.39 is 0 Å². The van der Waals surface area contributed by atoms with Crippen LogP contribution in [0.4, 0.5) is 0 Å². The summed E-state index contributed by atoms with van der Waals surface area (Å²) in [6, 6.07) is 0. The number of unbranched alkanes of at least 4 members (excludes halogenated alkanes) is 3. The lowest BCUT2D eigenvalue weighted by Crippen LogP contribution is -2.08. The molecule has 2 heteroatoms. The predicted octanol–water partition coefficient (Wildman–Crippen LogP) is 4.65. The smallest absolute Gasteiger partial charge is 0.131 e. The van der Waals surface area contributed by atoms with E-state index in [-0.39, 0.29) is 0 Å². The number of aryl methyl sites for hydroxylation is 1. The van der Waals surface area contributed by atoms with Gasteiger partial charge in [-0.3, -0.25) is 0 Å². The van der Waals surface area contributed by atoms with Crippen LogP contribution in [-0.4, -0.2) is 9.97 Å². The fourth-order valence-corrected chi connectivity index (χ4v) is 2.82. The normalized spacial score (nSPS) is 16.9. The molecule has 0 unspecified atom stereocenters. The van der Waals surface area contributed by atoms with Crippen molar-refractivity contribution in [3.63, 3.8) is 0 Å². The van der Waals surface area contributed by atoms with Crippen LogP contribution in [0.25, 0.3) is 0 Å². The molecule has 0 amide bonds. The van der Waals surface area contributed by atoms with E-state index in [9.17, 15) is 0 Å². The maximum Gasteiger partial charge on any atom is 0.131 e. The van der Waals surface area contributed by atoms with Crippen molar-refractivity contribution in [2.24, 2.45) is 0 Å². The third-order valence-corrected chi connectivity index (χ3v) is 4.01. The minimum atomic E-state index is 0.632. The van der Waals surface area contributed by atoms with Crippen molar-refractivity contribution in [3.8, 4) is 0 Å². The number of hydrogen-bond donors (Lipinski definition) is 0. The van der Waals surface area contributed by atoms with Gasteiger partial charge in [0.05, 0.1) is 0 Å².